The molecular weight excluding hydrogens is 413 g/mol. The molecule has 31 heavy (non-hydrogen) atoms. The van der Waals surface area contributed by atoms with Crippen LogP contribution in [-0.4, -0.2) is 29.4 Å². The molecule has 162 valence electrons. The second kappa shape index (κ2) is 7.72. The first kappa shape index (κ1) is 20.9. The summed E-state index contributed by atoms with van der Waals surface area (Å²) in [5.41, 5.74) is -0.213. The third-order valence-corrected chi connectivity index (χ3v) is 5.59. The highest BCUT2D eigenvalue weighted by Crippen LogP contribution is 2.39. The molecule has 1 saturated heterocycles. The van der Waals surface area contributed by atoms with Crippen molar-refractivity contribution in [2.24, 2.45) is 0 Å². The number of hydrogen-bond donors (Lipinski definition) is 1. The zero-order valence-electron chi connectivity index (χ0n) is 16.4. The number of fused-ring (bicyclic) bond motifs is 2. The van der Waals surface area contributed by atoms with Crippen LogP contribution in [0.5, 0.6) is 0 Å². The van der Waals surface area contributed by atoms with Gasteiger partial charge in [-0.1, -0.05) is 36.4 Å². The summed E-state index contributed by atoms with van der Waals surface area (Å²) in [5.74, 6) is -1.41. The quantitative estimate of drug-likeness (QED) is 0.593. The lowest BCUT2D eigenvalue weighted by Crippen LogP contribution is -2.46. The molecule has 4 rings (SSSR count). The Morgan fingerprint density at radius 3 is 2.68 bits per heavy atom. The number of carbonyl (C=O) groups is 3. The fourth-order valence-electron chi connectivity index (χ4n) is 4.13. The lowest BCUT2D eigenvalue weighted by molar-refractivity contribution is -0.149. The molecule has 1 unspecified atom stereocenters. The number of esters is 1. The SMILES string of the molecule is O=C(CN1C(=O)NC2(CCCc3ccccc32)C1=O)OCc1cccc(C(F)(F)F)c1. The van der Waals surface area contributed by atoms with Gasteiger partial charge in [0.2, 0.25) is 0 Å². The normalized spacial score (nSPS) is 20.5. The first-order valence-corrected chi connectivity index (χ1v) is 9.75. The number of carbonyl (C=O) groups excluding carboxylic acids is 3. The summed E-state index contributed by atoms with van der Waals surface area (Å²) in [6.07, 6.45) is -2.59. The molecule has 1 aliphatic carbocycles. The minimum Gasteiger partial charge on any atom is -0.459 e. The van der Waals surface area contributed by atoms with Gasteiger partial charge >= 0.3 is 18.2 Å². The summed E-state index contributed by atoms with van der Waals surface area (Å²) < 4.78 is 43.4. The summed E-state index contributed by atoms with van der Waals surface area (Å²) in [4.78, 5) is 38.7. The van der Waals surface area contributed by atoms with Gasteiger partial charge in [-0.15, -0.1) is 0 Å². The highest BCUT2D eigenvalue weighted by atomic mass is 19.4. The number of ether oxygens (including phenoxy) is 1. The van der Waals surface area contributed by atoms with Crippen molar-refractivity contribution in [1.29, 1.82) is 0 Å². The maximum atomic E-state index is 13.1. The van der Waals surface area contributed by atoms with Gasteiger partial charge in [-0.05, 0) is 48.1 Å². The van der Waals surface area contributed by atoms with Crippen molar-refractivity contribution in [3.63, 3.8) is 0 Å². The zero-order chi connectivity index (χ0) is 22.2. The summed E-state index contributed by atoms with van der Waals surface area (Å²) in [6.45, 7) is -1.02. The van der Waals surface area contributed by atoms with Gasteiger partial charge < -0.3 is 10.1 Å². The number of aryl methyl sites for hydroxylation is 1. The van der Waals surface area contributed by atoms with Crippen LogP contribution in [0.3, 0.4) is 0 Å². The van der Waals surface area contributed by atoms with E-state index in [1.54, 1.807) is 12.1 Å². The molecule has 0 aromatic heterocycles. The maximum absolute atomic E-state index is 13.1. The van der Waals surface area contributed by atoms with Crippen LogP contribution < -0.4 is 5.32 Å². The third-order valence-electron chi connectivity index (χ3n) is 5.59. The number of urea groups is 1. The van der Waals surface area contributed by atoms with Crippen molar-refractivity contribution in [1.82, 2.24) is 10.2 Å². The summed E-state index contributed by atoms with van der Waals surface area (Å²) in [7, 11) is 0. The molecule has 1 heterocycles. The summed E-state index contributed by atoms with van der Waals surface area (Å²) in [6, 6.07) is 11.1. The van der Waals surface area contributed by atoms with E-state index in [-0.39, 0.29) is 5.56 Å². The average molecular weight is 432 g/mol. The van der Waals surface area contributed by atoms with Crippen LogP contribution in [0.4, 0.5) is 18.0 Å². The summed E-state index contributed by atoms with van der Waals surface area (Å²) in [5, 5.41) is 2.73. The van der Waals surface area contributed by atoms with Crippen LogP contribution in [-0.2, 0) is 39.1 Å². The van der Waals surface area contributed by atoms with Crippen molar-refractivity contribution in [2.75, 3.05) is 6.54 Å². The Morgan fingerprint density at radius 1 is 1.13 bits per heavy atom. The lowest BCUT2D eigenvalue weighted by Gasteiger charge is -2.33. The Hall–Kier alpha value is -3.36. The van der Waals surface area contributed by atoms with Gasteiger partial charge in [0.1, 0.15) is 18.7 Å². The van der Waals surface area contributed by atoms with Crippen molar-refractivity contribution in [3.05, 3.63) is 70.8 Å². The average Bonchev–Trinajstić information content (AvgIpc) is 2.97. The standard InChI is InChI=1S/C22H19F3N2O4/c23-22(24,25)16-8-3-5-14(11-16)13-31-18(28)12-27-19(29)21(26-20(27)30)10-4-7-15-6-1-2-9-17(15)21/h1-3,5-6,8-9,11H,4,7,10,12-13H2,(H,26,30). The van der Waals surface area contributed by atoms with E-state index in [4.69, 9.17) is 4.74 Å². The van der Waals surface area contributed by atoms with Crippen molar-refractivity contribution < 1.29 is 32.3 Å². The van der Waals surface area contributed by atoms with Gasteiger partial charge in [-0.25, -0.2) is 4.79 Å². The first-order chi connectivity index (χ1) is 14.7. The Balaban J connectivity index is 1.44. The first-order valence-electron chi connectivity index (χ1n) is 9.75. The van der Waals surface area contributed by atoms with E-state index in [1.807, 2.05) is 12.1 Å². The maximum Gasteiger partial charge on any atom is 0.416 e. The molecule has 2 aromatic carbocycles. The molecule has 0 radical (unpaired) electrons. The highest BCUT2D eigenvalue weighted by Gasteiger charge is 2.54. The van der Waals surface area contributed by atoms with Crippen LogP contribution in [0, 0.1) is 0 Å². The van der Waals surface area contributed by atoms with Gasteiger partial charge in [0.25, 0.3) is 5.91 Å². The van der Waals surface area contributed by atoms with Crippen molar-refractivity contribution >= 4 is 17.9 Å². The number of nitrogens with zero attached hydrogens (tertiary/aromatic N) is 1. The predicted octanol–water partition coefficient (Wildman–Crippen LogP) is 3.53. The summed E-state index contributed by atoms with van der Waals surface area (Å²) >= 11 is 0. The Morgan fingerprint density at radius 2 is 1.90 bits per heavy atom. The van der Waals surface area contributed by atoms with E-state index in [0.717, 1.165) is 34.6 Å². The molecule has 3 amide bonds. The van der Waals surface area contributed by atoms with Gasteiger partial charge in [-0.3, -0.25) is 14.5 Å². The number of amides is 3. The molecule has 2 aromatic rings. The number of halogens is 3. The molecule has 1 fully saturated rings. The van der Waals surface area contributed by atoms with Crippen LogP contribution in [0.25, 0.3) is 0 Å². The molecule has 1 spiro atoms. The Labute approximate surface area is 176 Å². The minimum absolute atomic E-state index is 0.151. The Bertz CT molecular complexity index is 1050. The van der Waals surface area contributed by atoms with Crippen molar-refractivity contribution in [2.45, 2.75) is 37.6 Å². The molecule has 0 saturated carbocycles. The van der Waals surface area contributed by atoms with Gasteiger partial charge in [0.15, 0.2) is 0 Å². The number of benzene rings is 2. The highest BCUT2D eigenvalue weighted by molar-refractivity contribution is 6.09. The van der Waals surface area contributed by atoms with E-state index in [0.29, 0.717) is 12.8 Å². The molecule has 2 aliphatic rings. The Kier molecular flexibility index (Phi) is 5.20. The van der Waals surface area contributed by atoms with Crippen molar-refractivity contribution in [3.8, 4) is 0 Å². The molecule has 6 nitrogen and oxygen atoms in total. The number of rotatable bonds is 4. The predicted molar refractivity (Wildman–Crippen MR) is 103 cm³/mol. The monoisotopic (exact) mass is 432 g/mol. The molecule has 0 bridgehead atoms. The smallest absolute Gasteiger partial charge is 0.416 e. The van der Waals surface area contributed by atoms with Gasteiger partial charge in [-0.2, -0.15) is 13.2 Å². The molecular formula is C22H19F3N2O4. The van der Waals surface area contributed by atoms with E-state index in [9.17, 15) is 27.6 Å². The van der Waals surface area contributed by atoms with Gasteiger partial charge in [0.05, 0.1) is 5.56 Å². The number of nitrogens with one attached hydrogen (secondary N) is 1. The largest absolute Gasteiger partial charge is 0.459 e. The number of imide groups is 1. The van der Waals surface area contributed by atoms with Crippen LogP contribution in [0.2, 0.25) is 0 Å². The third kappa shape index (κ3) is 3.87. The van der Waals surface area contributed by atoms with E-state index in [2.05, 4.69) is 5.32 Å². The van der Waals surface area contributed by atoms with E-state index in [1.165, 1.54) is 12.1 Å². The molecule has 1 N–H and O–H groups in total. The van der Waals surface area contributed by atoms with Crippen LogP contribution in [0.15, 0.2) is 48.5 Å². The van der Waals surface area contributed by atoms with E-state index < -0.39 is 48.3 Å². The van der Waals surface area contributed by atoms with Crippen LogP contribution in [0.1, 0.15) is 35.1 Å². The topological polar surface area (TPSA) is 75.7 Å². The minimum atomic E-state index is -4.51. The fourth-order valence-corrected chi connectivity index (χ4v) is 4.13. The second-order valence-corrected chi connectivity index (χ2v) is 7.60. The van der Waals surface area contributed by atoms with Crippen LogP contribution >= 0.6 is 0 Å². The lowest BCUT2D eigenvalue weighted by atomic mass is 9.76. The van der Waals surface area contributed by atoms with Gasteiger partial charge in [0, 0.05) is 0 Å². The van der Waals surface area contributed by atoms with E-state index >= 15 is 0 Å². The fraction of sp³-hybridized carbons (Fsp3) is 0.318. The molecule has 9 heteroatoms. The number of hydrogen-bond acceptors (Lipinski definition) is 4. The number of alkyl halides is 3. The zero-order valence-corrected chi connectivity index (χ0v) is 16.4. The molecule has 1 atom stereocenters. The molecule has 1 aliphatic heterocycles. The second-order valence-electron chi connectivity index (χ2n) is 7.60.